The smallest absolute Gasteiger partial charge is 0.336 e. The number of hydrogen-bond acceptors (Lipinski definition) is 6. The second-order valence-electron chi connectivity index (χ2n) is 9.34. The third-order valence-corrected chi connectivity index (χ3v) is 7.15. The van der Waals surface area contributed by atoms with Crippen molar-refractivity contribution in [3.05, 3.63) is 91.3 Å². The molecule has 1 saturated heterocycles. The Balaban J connectivity index is 1.08. The maximum Gasteiger partial charge on any atom is 0.336 e. The Labute approximate surface area is 195 Å². The average Bonchev–Trinajstić information content (AvgIpc) is 3.23. The molecule has 5 heterocycles. The van der Waals surface area contributed by atoms with Gasteiger partial charge in [-0.05, 0) is 55.8 Å². The molecule has 174 valence electrons. The second-order valence-corrected chi connectivity index (χ2v) is 9.34. The molecule has 34 heavy (non-hydrogen) atoms. The van der Waals surface area contributed by atoms with Crippen molar-refractivity contribution in [2.45, 2.75) is 38.0 Å². The monoisotopic (exact) mass is 458 g/mol. The highest BCUT2D eigenvalue weighted by atomic mass is 16.4. The number of likely N-dealkylation sites (tertiary alicyclic amines) is 1. The summed E-state index contributed by atoms with van der Waals surface area (Å²) in [7, 11) is 0. The first kappa shape index (κ1) is 21.1. The molecule has 8 heteroatoms. The van der Waals surface area contributed by atoms with Crippen molar-refractivity contribution in [1.82, 2.24) is 19.4 Å². The van der Waals surface area contributed by atoms with Crippen LogP contribution in [0.4, 0.5) is 0 Å². The summed E-state index contributed by atoms with van der Waals surface area (Å²) in [6, 6.07) is 16.3. The Morgan fingerprint density at radius 3 is 2.44 bits per heavy atom. The van der Waals surface area contributed by atoms with Crippen molar-refractivity contribution >= 4 is 22.0 Å². The summed E-state index contributed by atoms with van der Waals surface area (Å²) in [4.78, 5) is 38.9. The van der Waals surface area contributed by atoms with Gasteiger partial charge >= 0.3 is 5.63 Å². The van der Waals surface area contributed by atoms with Crippen molar-refractivity contribution in [3.8, 4) is 0 Å². The first-order chi connectivity index (χ1) is 16.5. The van der Waals surface area contributed by atoms with Crippen molar-refractivity contribution in [2.75, 3.05) is 19.6 Å². The van der Waals surface area contributed by atoms with Crippen molar-refractivity contribution in [1.29, 1.82) is 0 Å². The molecule has 0 radical (unpaired) electrons. The zero-order valence-corrected chi connectivity index (χ0v) is 18.8. The van der Waals surface area contributed by atoms with E-state index in [1.165, 1.54) is 6.07 Å². The van der Waals surface area contributed by atoms with E-state index in [2.05, 4.69) is 16.3 Å². The van der Waals surface area contributed by atoms with Gasteiger partial charge in [0.25, 0.3) is 11.1 Å². The molecular weight excluding hydrogens is 432 g/mol. The highest BCUT2D eigenvalue weighted by molar-refractivity contribution is 5.77. The van der Waals surface area contributed by atoms with Gasteiger partial charge in [0.1, 0.15) is 11.2 Å². The molecule has 2 aliphatic rings. The molecule has 6 rings (SSSR count). The molecule has 1 N–H and O–H groups in total. The molecule has 0 spiro atoms. The summed E-state index contributed by atoms with van der Waals surface area (Å²) < 4.78 is 8.84. The summed E-state index contributed by atoms with van der Waals surface area (Å²) in [5.41, 5.74) is 2.02. The minimum atomic E-state index is -0.335. The average molecular weight is 459 g/mol. The Kier molecular flexibility index (Phi) is 5.19. The van der Waals surface area contributed by atoms with Crippen LogP contribution in [0.25, 0.3) is 22.0 Å². The third kappa shape index (κ3) is 3.78. The number of piperidine rings is 1. The first-order valence-electron chi connectivity index (χ1n) is 11.8. The molecule has 1 unspecified atom stereocenters. The lowest BCUT2D eigenvalue weighted by Gasteiger charge is -2.34. The fraction of sp³-hybridized carbons (Fsp3) is 0.346. The highest BCUT2D eigenvalue weighted by Crippen LogP contribution is 2.25. The van der Waals surface area contributed by atoms with Gasteiger partial charge in [-0.25, -0.2) is 4.79 Å². The lowest BCUT2D eigenvalue weighted by molar-refractivity contribution is 0.171. The SMILES string of the molecule is O=c1ccc2ccc(CNC3CCN(CC4Cn5c(=O)ccc6ccc(=O)n4c65)CC3)cc2o1. The van der Waals surface area contributed by atoms with E-state index in [0.29, 0.717) is 18.2 Å². The van der Waals surface area contributed by atoms with Crippen LogP contribution in [-0.2, 0) is 13.1 Å². The van der Waals surface area contributed by atoms with Crippen molar-refractivity contribution < 1.29 is 4.42 Å². The molecule has 1 fully saturated rings. The first-order valence-corrected chi connectivity index (χ1v) is 11.8. The number of pyridine rings is 2. The normalized spacial score (nSPS) is 18.8. The van der Waals surface area contributed by atoms with Gasteiger partial charge in [-0.15, -0.1) is 0 Å². The summed E-state index contributed by atoms with van der Waals surface area (Å²) in [5, 5.41) is 5.48. The fourth-order valence-corrected chi connectivity index (χ4v) is 5.39. The number of hydrogen-bond donors (Lipinski definition) is 1. The molecule has 0 bridgehead atoms. The van der Waals surface area contributed by atoms with Crippen molar-refractivity contribution in [2.24, 2.45) is 0 Å². The minimum absolute atomic E-state index is 0.0249. The number of benzene rings is 1. The van der Waals surface area contributed by atoms with Gasteiger partial charge in [0.15, 0.2) is 0 Å². The van der Waals surface area contributed by atoms with Gasteiger partial charge < -0.3 is 14.6 Å². The van der Waals surface area contributed by atoms with E-state index < -0.39 is 0 Å². The predicted molar refractivity (Wildman–Crippen MR) is 130 cm³/mol. The highest BCUT2D eigenvalue weighted by Gasteiger charge is 2.29. The van der Waals surface area contributed by atoms with Crippen molar-refractivity contribution in [3.63, 3.8) is 0 Å². The van der Waals surface area contributed by atoms with Crippen LogP contribution in [0.1, 0.15) is 24.4 Å². The zero-order valence-electron chi connectivity index (χ0n) is 18.8. The van der Waals surface area contributed by atoms with Crippen LogP contribution in [-0.4, -0.2) is 39.7 Å². The molecule has 0 saturated carbocycles. The van der Waals surface area contributed by atoms with Crippen LogP contribution in [0, 0.1) is 0 Å². The van der Waals surface area contributed by atoms with E-state index in [-0.39, 0.29) is 22.8 Å². The van der Waals surface area contributed by atoms with Gasteiger partial charge in [-0.1, -0.05) is 12.1 Å². The maximum absolute atomic E-state index is 12.6. The van der Waals surface area contributed by atoms with Gasteiger partial charge in [0.05, 0.1) is 6.04 Å². The molecule has 2 aliphatic heterocycles. The van der Waals surface area contributed by atoms with Crippen LogP contribution >= 0.6 is 0 Å². The topological polar surface area (TPSA) is 89.5 Å². The van der Waals surface area contributed by atoms with Crippen LogP contribution in [0.3, 0.4) is 0 Å². The Bertz CT molecular complexity index is 1550. The summed E-state index contributed by atoms with van der Waals surface area (Å²) in [6.45, 7) is 3.91. The summed E-state index contributed by atoms with van der Waals surface area (Å²) in [5.74, 6) is 0. The number of fused-ring (bicyclic) bond motifs is 1. The molecule has 8 nitrogen and oxygen atoms in total. The number of nitrogens with one attached hydrogen (secondary N) is 1. The van der Waals surface area contributed by atoms with Crippen LogP contribution in [0.5, 0.6) is 0 Å². The Hall–Kier alpha value is -3.49. The fourth-order valence-electron chi connectivity index (χ4n) is 5.39. The van der Waals surface area contributed by atoms with Gasteiger partial charge in [0, 0.05) is 54.6 Å². The third-order valence-electron chi connectivity index (χ3n) is 7.15. The van der Waals surface area contributed by atoms with E-state index in [4.69, 9.17) is 4.42 Å². The number of aromatic nitrogens is 2. The molecule has 1 atom stereocenters. The van der Waals surface area contributed by atoms with Crippen LogP contribution in [0.15, 0.2) is 73.4 Å². The van der Waals surface area contributed by atoms with Gasteiger partial charge in [-0.3, -0.25) is 18.7 Å². The molecule has 0 amide bonds. The maximum atomic E-state index is 12.6. The van der Waals surface area contributed by atoms with E-state index in [1.54, 1.807) is 39.5 Å². The van der Waals surface area contributed by atoms with E-state index >= 15 is 0 Å². The summed E-state index contributed by atoms with van der Waals surface area (Å²) in [6.07, 6.45) is 2.03. The zero-order chi connectivity index (χ0) is 23.2. The lowest BCUT2D eigenvalue weighted by Crippen LogP contribution is -2.44. The second kappa shape index (κ2) is 8.38. The minimum Gasteiger partial charge on any atom is -0.423 e. The standard InChI is InChI=1S/C26H26N4O4/c31-23-6-3-19-4-7-24(32)30-21(16-29(23)26(19)30)15-28-11-9-20(10-12-28)27-14-17-1-2-18-5-8-25(33)34-22(18)13-17/h1-8,13,20-21,27H,9-12,14-16H2. The van der Waals surface area contributed by atoms with E-state index in [9.17, 15) is 14.4 Å². The van der Waals surface area contributed by atoms with Gasteiger partial charge in [0.2, 0.25) is 0 Å². The number of rotatable bonds is 5. The molecular formula is C26H26N4O4. The Morgan fingerprint density at radius 1 is 0.882 bits per heavy atom. The van der Waals surface area contributed by atoms with E-state index in [1.807, 2.05) is 12.1 Å². The van der Waals surface area contributed by atoms with E-state index in [0.717, 1.165) is 61.0 Å². The molecule has 3 aromatic heterocycles. The largest absolute Gasteiger partial charge is 0.423 e. The van der Waals surface area contributed by atoms with Gasteiger partial charge in [-0.2, -0.15) is 0 Å². The molecule has 0 aliphatic carbocycles. The predicted octanol–water partition coefficient (Wildman–Crippen LogP) is 2.08. The summed E-state index contributed by atoms with van der Waals surface area (Å²) >= 11 is 0. The van der Waals surface area contributed by atoms with Crippen LogP contribution < -0.4 is 22.1 Å². The molecule has 1 aromatic carbocycles. The molecule has 4 aromatic rings. The van der Waals surface area contributed by atoms with Crippen LogP contribution in [0.2, 0.25) is 0 Å². The number of nitrogens with zero attached hydrogens (tertiary/aromatic N) is 3. The Morgan fingerprint density at radius 2 is 1.62 bits per heavy atom. The quantitative estimate of drug-likeness (QED) is 0.461. The lowest BCUT2D eigenvalue weighted by atomic mass is 10.0.